The minimum atomic E-state index is 0.0183. The molecule has 1 saturated heterocycles. The molecule has 1 atom stereocenters. The van der Waals surface area contributed by atoms with E-state index < -0.39 is 0 Å². The van der Waals surface area contributed by atoms with Crippen molar-refractivity contribution in [3.63, 3.8) is 0 Å². The standard InChI is InChI=1S/C14H18N2O2/c1-10-9-16(8-7-15-10)14(18)13-5-3-12(4-6-13)11(2)17/h3-6,10,15H,7-9H2,1-2H3. The molecule has 2 rings (SSSR count). The van der Waals surface area contributed by atoms with E-state index in [1.807, 2.05) is 4.90 Å². The third-order valence-electron chi connectivity index (χ3n) is 3.19. The number of hydrogen-bond acceptors (Lipinski definition) is 3. The molecule has 1 aromatic carbocycles. The summed E-state index contributed by atoms with van der Waals surface area (Å²) in [5, 5.41) is 3.30. The van der Waals surface area contributed by atoms with Gasteiger partial charge in [0.1, 0.15) is 0 Å². The molecule has 0 spiro atoms. The summed E-state index contributed by atoms with van der Waals surface area (Å²) in [6.07, 6.45) is 0. The Hall–Kier alpha value is -1.68. The van der Waals surface area contributed by atoms with Crippen LogP contribution < -0.4 is 5.32 Å². The second-order valence-electron chi connectivity index (χ2n) is 4.74. The lowest BCUT2D eigenvalue weighted by atomic mass is 10.1. The van der Waals surface area contributed by atoms with Crippen LogP contribution in [0.1, 0.15) is 34.6 Å². The first-order valence-electron chi connectivity index (χ1n) is 6.21. The third kappa shape index (κ3) is 2.76. The number of carbonyl (C=O) groups is 2. The summed E-state index contributed by atoms with van der Waals surface area (Å²) < 4.78 is 0. The number of nitrogens with one attached hydrogen (secondary N) is 1. The summed E-state index contributed by atoms with van der Waals surface area (Å²) in [7, 11) is 0. The minimum Gasteiger partial charge on any atom is -0.336 e. The molecule has 0 aliphatic carbocycles. The molecule has 1 aliphatic heterocycles. The summed E-state index contributed by atoms with van der Waals surface area (Å²) >= 11 is 0. The fourth-order valence-electron chi connectivity index (χ4n) is 2.15. The van der Waals surface area contributed by atoms with Gasteiger partial charge in [-0.15, -0.1) is 0 Å². The summed E-state index contributed by atoms with van der Waals surface area (Å²) in [5.41, 5.74) is 1.29. The van der Waals surface area contributed by atoms with Crippen molar-refractivity contribution < 1.29 is 9.59 Å². The Balaban J connectivity index is 2.10. The first kappa shape index (κ1) is 12.8. The van der Waals surface area contributed by atoms with Gasteiger partial charge < -0.3 is 10.2 Å². The van der Waals surface area contributed by atoms with Crippen molar-refractivity contribution in [3.05, 3.63) is 35.4 Å². The number of piperazine rings is 1. The monoisotopic (exact) mass is 246 g/mol. The largest absolute Gasteiger partial charge is 0.336 e. The topological polar surface area (TPSA) is 49.4 Å². The molecule has 1 amide bonds. The summed E-state index contributed by atoms with van der Waals surface area (Å²) in [4.78, 5) is 25.3. The maximum Gasteiger partial charge on any atom is 0.253 e. The molecular weight excluding hydrogens is 228 g/mol. The van der Waals surface area contributed by atoms with Crippen molar-refractivity contribution in [3.8, 4) is 0 Å². The average molecular weight is 246 g/mol. The highest BCUT2D eigenvalue weighted by atomic mass is 16.2. The van der Waals surface area contributed by atoms with Crippen molar-refractivity contribution in [2.24, 2.45) is 0 Å². The predicted octanol–water partition coefficient (Wildman–Crippen LogP) is 1.32. The van der Waals surface area contributed by atoms with E-state index in [0.717, 1.165) is 19.6 Å². The molecule has 1 N–H and O–H groups in total. The third-order valence-corrected chi connectivity index (χ3v) is 3.19. The van der Waals surface area contributed by atoms with Crippen molar-refractivity contribution >= 4 is 11.7 Å². The quantitative estimate of drug-likeness (QED) is 0.801. The van der Waals surface area contributed by atoms with Gasteiger partial charge in [0.2, 0.25) is 0 Å². The van der Waals surface area contributed by atoms with Gasteiger partial charge in [0.05, 0.1) is 0 Å². The van der Waals surface area contributed by atoms with E-state index in [9.17, 15) is 9.59 Å². The van der Waals surface area contributed by atoms with Crippen molar-refractivity contribution in [1.29, 1.82) is 0 Å². The number of Topliss-reactive ketones (excluding diaryl/α,β-unsaturated/α-hetero) is 1. The number of hydrogen-bond donors (Lipinski definition) is 1. The Morgan fingerprint density at radius 1 is 1.22 bits per heavy atom. The van der Waals surface area contributed by atoms with E-state index in [2.05, 4.69) is 12.2 Å². The summed E-state index contributed by atoms with van der Waals surface area (Å²) in [6, 6.07) is 7.21. The lowest BCUT2D eigenvalue weighted by Crippen LogP contribution is -2.51. The zero-order valence-corrected chi connectivity index (χ0v) is 10.8. The second kappa shape index (κ2) is 5.31. The maximum atomic E-state index is 12.2. The number of benzene rings is 1. The molecule has 4 heteroatoms. The molecule has 1 heterocycles. The predicted molar refractivity (Wildman–Crippen MR) is 69.8 cm³/mol. The summed E-state index contributed by atoms with van der Waals surface area (Å²) in [6.45, 7) is 5.89. The van der Waals surface area contributed by atoms with Crippen LogP contribution in [0.3, 0.4) is 0 Å². The number of ketones is 1. The molecule has 1 aliphatic rings. The fraction of sp³-hybridized carbons (Fsp3) is 0.429. The Labute approximate surface area is 107 Å². The van der Waals surface area contributed by atoms with Crippen LogP contribution in [0.5, 0.6) is 0 Å². The normalized spacial score (nSPS) is 19.7. The van der Waals surface area contributed by atoms with Gasteiger partial charge in [-0.3, -0.25) is 9.59 Å². The fourth-order valence-corrected chi connectivity index (χ4v) is 2.15. The van der Waals surface area contributed by atoms with Crippen LogP contribution in [0.4, 0.5) is 0 Å². The van der Waals surface area contributed by atoms with E-state index >= 15 is 0 Å². The van der Waals surface area contributed by atoms with Gasteiger partial charge in [-0.2, -0.15) is 0 Å². The van der Waals surface area contributed by atoms with Gasteiger partial charge in [0.15, 0.2) is 5.78 Å². The van der Waals surface area contributed by atoms with Crippen LogP contribution in [0, 0.1) is 0 Å². The second-order valence-corrected chi connectivity index (χ2v) is 4.74. The van der Waals surface area contributed by atoms with Gasteiger partial charge in [-0.05, 0) is 26.0 Å². The molecular formula is C14H18N2O2. The van der Waals surface area contributed by atoms with E-state index in [4.69, 9.17) is 0 Å². The van der Waals surface area contributed by atoms with E-state index in [1.54, 1.807) is 24.3 Å². The van der Waals surface area contributed by atoms with Crippen molar-refractivity contribution in [1.82, 2.24) is 10.2 Å². The average Bonchev–Trinajstić information content (AvgIpc) is 2.38. The first-order valence-corrected chi connectivity index (χ1v) is 6.21. The highest BCUT2D eigenvalue weighted by Gasteiger charge is 2.21. The van der Waals surface area contributed by atoms with Crippen molar-refractivity contribution in [2.75, 3.05) is 19.6 Å². The van der Waals surface area contributed by atoms with Gasteiger partial charge in [-0.25, -0.2) is 0 Å². The lowest BCUT2D eigenvalue weighted by molar-refractivity contribution is 0.0708. The minimum absolute atomic E-state index is 0.0183. The van der Waals surface area contributed by atoms with Gasteiger partial charge >= 0.3 is 0 Å². The highest BCUT2D eigenvalue weighted by Crippen LogP contribution is 2.10. The van der Waals surface area contributed by atoms with Crippen molar-refractivity contribution in [2.45, 2.75) is 19.9 Å². The molecule has 4 nitrogen and oxygen atoms in total. The van der Waals surface area contributed by atoms with Crippen LogP contribution in [0.2, 0.25) is 0 Å². The van der Waals surface area contributed by atoms with E-state index in [0.29, 0.717) is 17.2 Å². The van der Waals surface area contributed by atoms with Crippen LogP contribution >= 0.6 is 0 Å². The molecule has 1 unspecified atom stereocenters. The molecule has 0 radical (unpaired) electrons. The number of rotatable bonds is 2. The number of amides is 1. The van der Waals surface area contributed by atoms with Gasteiger partial charge in [-0.1, -0.05) is 12.1 Å². The molecule has 1 fully saturated rings. The molecule has 96 valence electrons. The zero-order valence-electron chi connectivity index (χ0n) is 10.8. The Kier molecular flexibility index (Phi) is 3.77. The zero-order chi connectivity index (χ0) is 13.1. The lowest BCUT2D eigenvalue weighted by Gasteiger charge is -2.32. The van der Waals surface area contributed by atoms with Crippen LogP contribution in [0.25, 0.3) is 0 Å². The Morgan fingerprint density at radius 3 is 2.39 bits per heavy atom. The highest BCUT2D eigenvalue weighted by molar-refractivity contribution is 5.97. The summed E-state index contributed by atoms with van der Waals surface area (Å²) in [5.74, 6) is 0.0586. The van der Waals surface area contributed by atoms with Crippen LogP contribution in [-0.2, 0) is 0 Å². The first-order chi connectivity index (χ1) is 8.58. The number of carbonyl (C=O) groups excluding carboxylic acids is 2. The molecule has 0 bridgehead atoms. The molecule has 0 aromatic heterocycles. The SMILES string of the molecule is CC(=O)c1ccc(C(=O)N2CCNC(C)C2)cc1. The van der Waals surface area contributed by atoms with E-state index in [-0.39, 0.29) is 11.7 Å². The number of nitrogens with zero attached hydrogens (tertiary/aromatic N) is 1. The van der Waals surface area contributed by atoms with Crippen LogP contribution in [0.15, 0.2) is 24.3 Å². The maximum absolute atomic E-state index is 12.2. The molecule has 18 heavy (non-hydrogen) atoms. The van der Waals surface area contributed by atoms with Gasteiger partial charge in [0.25, 0.3) is 5.91 Å². The van der Waals surface area contributed by atoms with Gasteiger partial charge in [0, 0.05) is 36.8 Å². The molecule has 1 aromatic rings. The Morgan fingerprint density at radius 2 is 1.83 bits per heavy atom. The molecule has 0 saturated carbocycles. The Bertz CT molecular complexity index is 453. The van der Waals surface area contributed by atoms with E-state index in [1.165, 1.54) is 6.92 Å². The smallest absolute Gasteiger partial charge is 0.253 e. The van der Waals surface area contributed by atoms with Crippen LogP contribution in [-0.4, -0.2) is 42.3 Å².